The average molecular weight is 462 g/mol. The zero-order valence-corrected chi connectivity index (χ0v) is 20.7. The number of likely N-dealkylation sites (tertiary alicyclic amines) is 2. The van der Waals surface area contributed by atoms with Gasteiger partial charge in [0.05, 0.1) is 6.26 Å². The maximum absolute atomic E-state index is 13.5. The van der Waals surface area contributed by atoms with Gasteiger partial charge >= 0.3 is 6.09 Å². The van der Waals surface area contributed by atoms with Crippen molar-refractivity contribution in [3.63, 3.8) is 0 Å². The Morgan fingerprint density at radius 3 is 2.55 bits per heavy atom. The largest absolute Gasteiger partial charge is 0.459 e. The Morgan fingerprint density at radius 2 is 1.91 bits per heavy atom. The summed E-state index contributed by atoms with van der Waals surface area (Å²) < 4.78 is 10.9. The van der Waals surface area contributed by atoms with Crippen LogP contribution in [-0.2, 0) is 9.53 Å². The normalized spacial score (nSPS) is 21.8. The van der Waals surface area contributed by atoms with Gasteiger partial charge in [0.2, 0.25) is 5.91 Å². The topological polar surface area (TPSA) is 83.3 Å². The highest BCUT2D eigenvalue weighted by atomic mass is 16.6. The molecular formula is C25H39N3O5. The molecule has 33 heavy (non-hydrogen) atoms. The molecule has 1 aromatic heterocycles. The van der Waals surface area contributed by atoms with Gasteiger partial charge in [-0.05, 0) is 84.8 Å². The lowest BCUT2D eigenvalue weighted by Crippen LogP contribution is -2.55. The first kappa shape index (κ1) is 25.1. The zero-order valence-electron chi connectivity index (χ0n) is 20.7. The van der Waals surface area contributed by atoms with Crippen LogP contribution in [0.3, 0.4) is 0 Å². The summed E-state index contributed by atoms with van der Waals surface area (Å²) in [6, 6.07) is 2.88. The summed E-state index contributed by atoms with van der Waals surface area (Å²) in [6.45, 7) is 11.9. The fourth-order valence-corrected chi connectivity index (χ4v) is 4.69. The van der Waals surface area contributed by atoms with Crippen LogP contribution in [0.5, 0.6) is 0 Å². The van der Waals surface area contributed by atoms with Crippen molar-refractivity contribution < 1.29 is 23.5 Å². The molecule has 0 aromatic carbocycles. The number of furan rings is 1. The monoisotopic (exact) mass is 461 g/mol. The molecule has 2 saturated heterocycles. The van der Waals surface area contributed by atoms with Crippen LogP contribution in [0.25, 0.3) is 0 Å². The Hall–Kier alpha value is -2.51. The summed E-state index contributed by atoms with van der Waals surface area (Å²) in [5.41, 5.74) is -0.552. The number of nitrogens with zero attached hydrogens (tertiary/aromatic N) is 3. The van der Waals surface area contributed by atoms with Gasteiger partial charge in [-0.3, -0.25) is 9.59 Å². The highest BCUT2D eigenvalue weighted by Gasteiger charge is 2.38. The quantitative estimate of drug-likeness (QED) is 0.658. The first-order chi connectivity index (χ1) is 15.6. The number of hydrogen-bond donors (Lipinski definition) is 0. The Kier molecular flexibility index (Phi) is 8.08. The van der Waals surface area contributed by atoms with Crippen LogP contribution in [0.1, 0.15) is 77.3 Å². The molecule has 8 nitrogen and oxygen atoms in total. The summed E-state index contributed by atoms with van der Waals surface area (Å²) in [6.07, 6.45) is 5.48. The first-order valence-electron chi connectivity index (χ1n) is 12.2. The van der Waals surface area contributed by atoms with Crippen LogP contribution >= 0.6 is 0 Å². The second kappa shape index (κ2) is 10.6. The summed E-state index contributed by atoms with van der Waals surface area (Å²) in [5.74, 6) is 0.238. The smallest absolute Gasteiger partial charge is 0.410 e. The van der Waals surface area contributed by atoms with Crippen molar-refractivity contribution >= 4 is 17.9 Å². The van der Waals surface area contributed by atoms with Gasteiger partial charge in [-0.25, -0.2) is 4.79 Å². The van der Waals surface area contributed by atoms with Crippen LogP contribution < -0.4 is 0 Å². The fourth-order valence-electron chi connectivity index (χ4n) is 4.69. The van der Waals surface area contributed by atoms with Gasteiger partial charge in [0, 0.05) is 32.2 Å². The standard InChI is InChI=1S/C25H39N3O5/c1-18(2)28(24(31)33-25(3,4)5)17-19-10-8-13-26(16-19)22(29)20-11-6-7-14-27(20)23(30)21-12-9-15-32-21/h9,12,15,18-20H,6-8,10-11,13-14,16-17H2,1-5H3. The molecule has 3 heterocycles. The van der Waals surface area contributed by atoms with Gasteiger partial charge in [-0.2, -0.15) is 0 Å². The van der Waals surface area contributed by atoms with Crippen molar-refractivity contribution in [1.29, 1.82) is 0 Å². The van der Waals surface area contributed by atoms with E-state index in [2.05, 4.69) is 0 Å². The van der Waals surface area contributed by atoms with E-state index >= 15 is 0 Å². The molecule has 1 aromatic rings. The summed E-state index contributed by atoms with van der Waals surface area (Å²) in [5, 5.41) is 0. The summed E-state index contributed by atoms with van der Waals surface area (Å²) >= 11 is 0. The van der Waals surface area contributed by atoms with E-state index in [4.69, 9.17) is 9.15 Å². The van der Waals surface area contributed by atoms with Crippen molar-refractivity contribution in [2.45, 2.75) is 84.4 Å². The number of carbonyl (C=O) groups excluding carboxylic acids is 3. The van der Waals surface area contributed by atoms with Crippen LogP contribution in [-0.4, -0.2) is 76.5 Å². The van der Waals surface area contributed by atoms with Crippen molar-refractivity contribution in [3.05, 3.63) is 24.2 Å². The maximum Gasteiger partial charge on any atom is 0.410 e. The molecule has 0 radical (unpaired) electrons. The second-order valence-corrected chi connectivity index (χ2v) is 10.5. The lowest BCUT2D eigenvalue weighted by molar-refractivity contribution is -0.139. The van der Waals surface area contributed by atoms with E-state index in [-0.39, 0.29) is 35.6 Å². The number of piperidine rings is 2. The van der Waals surface area contributed by atoms with Crippen molar-refractivity contribution in [3.8, 4) is 0 Å². The predicted molar refractivity (Wildman–Crippen MR) is 125 cm³/mol. The minimum atomic E-state index is -0.552. The van der Waals surface area contributed by atoms with Gasteiger partial charge in [-0.15, -0.1) is 0 Å². The van der Waals surface area contributed by atoms with Crippen molar-refractivity contribution in [2.24, 2.45) is 5.92 Å². The molecule has 2 aliphatic rings. The van der Waals surface area contributed by atoms with Crippen molar-refractivity contribution in [1.82, 2.24) is 14.7 Å². The Balaban J connectivity index is 1.66. The average Bonchev–Trinajstić information content (AvgIpc) is 3.30. The third-order valence-electron chi connectivity index (χ3n) is 6.32. The molecule has 3 rings (SSSR count). The molecule has 184 valence electrons. The number of hydrogen-bond acceptors (Lipinski definition) is 5. The molecule has 0 bridgehead atoms. The summed E-state index contributed by atoms with van der Waals surface area (Å²) in [4.78, 5) is 44.5. The van der Waals surface area contributed by atoms with E-state index in [1.807, 2.05) is 39.5 Å². The Bertz CT molecular complexity index is 815. The van der Waals surface area contributed by atoms with Gasteiger partial charge in [0.1, 0.15) is 11.6 Å². The first-order valence-corrected chi connectivity index (χ1v) is 12.2. The number of rotatable bonds is 5. The van der Waals surface area contributed by atoms with Crippen molar-refractivity contribution in [2.75, 3.05) is 26.2 Å². The van der Waals surface area contributed by atoms with E-state index in [1.165, 1.54) is 6.26 Å². The van der Waals surface area contributed by atoms with Gasteiger partial charge in [-0.1, -0.05) is 0 Å². The van der Waals surface area contributed by atoms with E-state index in [0.29, 0.717) is 32.6 Å². The minimum Gasteiger partial charge on any atom is -0.459 e. The fraction of sp³-hybridized carbons (Fsp3) is 0.720. The number of ether oxygens (including phenoxy) is 1. The van der Waals surface area contributed by atoms with E-state index < -0.39 is 11.6 Å². The molecule has 3 amide bonds. The molecular weight excluding hydrogens is 422 g/mol. The second-order valence-electron chi connectivity index (χ2n) is 10.5. The zero-order chi connectivity index (χ0) is 24.2. The van der Waals surface area contributed by atoms with E-state index in [9.17, 15) is 14.4 Å². The highest BCUT2D eigenvalue weighted by Crippen LogP contribution is 2.26. The molecule has 8 heteroatoms. The van der Waals surface area contributed by atoms with Crippen LogP contribution in [0, 0.1) is 5.92 Å². The number of amides is 3. The Morgan fingerprint density at radius 1 is 1.15 bits per heavy atom. The SMILES string of the molecule is CC(C)N(CC1CCCN(C(=O)C2CCCCN2C(=O)c2ccco2)C1)C(=O)OC(C)(C)C. The van der Waals surface area contributed by atoms with Crippen LogP contribution in [0.4, 0.5) is 4.79 Å². The van der Waals surface area contributed by atoms with E-state index in [0.717, 1.165) is 25.7 Å². The van der Waals surface area contributed by atoms with Gasteiger partial charge in [0.25, 0.3) is 5.91 Å². The molecule has 2 atom stereocenters. The van der Waals surface area contributed by atoms with Gasteiger partial charge < -0.3 is 23.9 Å². The summed E-state index contributed by atoms with van der Waals surface area (Å²) in [7, 11) is 0. The molecule has 0 spiro atoms. The molecule has 2 unspecified atom stereocenters. The lowest BCUT2D eigenvalue weighted by Gasteiger charge is -2.41. The molecule has 2 fully saturated rings. The third-order valence-corrected chi connectivity index (χ3v) is 6.32. The van der Waals surface area contributed by atoms with Crippen LogP contribution in [0.2, 0.25) is 0 Å². The third kappa shape index (κ3) is 6.51. The Labute approximate surface area is 197 Å². The molecule has 0 saturated carbocycles. The van der Waals surface area contributed by atoms with E-state index in [1.54, 1.807) is 21.9 Å². The molecule has 0 aliphatic carbocycles. The number of carbonyl (C=O) groups is 3. The lowest BCUT2D eigenvalue weighted by atomic mass is 9.94. The van der Waals surface area contributed by atoms with Gasteiger partial charge in [0.15, 0.2) is 5.76 Å². The maximum atomic E-state index is 13.5. The molecule has 0 N–H and O–H groups in total. The van der Waals surface area contributed by atoms with Crippen LogP contribution in [0.15, 0.2) is 22.8 Å². The highest BCUT2D eigenvalue weighted by molar-refractivity contribution is 5.95. The predicted octanol–water partition coefficient (Wildman–Crippen LogP) is 4.16. The molecule has 2 aliphatic heterocycles. The minimum absolute atomic E-state index is 0.00526.